The molecule has 0 heterocycles. The van der Waals surface area contributed by atoms with Gasteiger partial charge in [0.05, 0.1) is 6.04 Å². The Labute approximate surface area is 171 Å². The number of carbonyl (C=O) groups is 2. The molecule has 2 atom stereocenters. The predicted molar refractivity (Wildman–Crippen MR) is 109 cm³/mol. The molecule has 0 radical (unpaired) electrons. The Morgan fingerprint density at radius 2 is 1.68 bits per heavy atom. The van der Waals surface area contributed by atoms with Gasteiger partial charge in [0.2, 0.25) is 0 Å². The van der Waals surface area contributed by atoms with Crippen LogP contribution in [0.2, 0.25) is 5.02 Å². The van der Waals surface area contributed by atoms with Gasteiger partial charge in [-0.1, -0.05) is 42.0 Å². The molecule has 28 heavy (non-hydrogen) atoms. The molecule has 1 aliphatic carbocycles. The van der Waals surface area contributed by atoms with Gasteiger partial charge in [-0.3, -0.25) is 0 Å². The number of hydrogen-bond donors (Lipinski definition) is 1. The summed E-state index contributed by atoms with van der Waals surface area (Å²) >= 11 is 6.37. The van der Waals surface area contributed by atoms with Crippen molar-refractivity contribution in [1.82, 2.24) is 10.4 Å². The minimum absolute atomic E-state index is 0.184. The maximum atomic E-state index is 12.9. The van der Waals surface area contributed by atoms with Crippen molar-refractivity contribution >= 4 is 23.8 Å². The molecule has 1 aromatic carbocycles. The van der Waals surface area contributed by atoms with Gasteiger partial charge in [0.25, 0.3) is 0 Å². The molecule has 0 fully saturated rings. The first kappa shape index (κ1) is 22.1. The van der Waals surface area contributed by atoms with E-state index in [0.29, 0.717) is 11.4 Å². The first-order valence-corrected chi connectivity index (χ1v) is 9.68. The van der Waals surface area contributed by atoms with Crippen LogP contribution in [-0.2, 0) is 9.47 Å². The molecule has 0 aromatic heterocycles. The van der Waals surface area contributed by atoms with Gasteiger partial charge in [0, 0.05) is 10.9 Å². The maximum Gasteiger partial charge on any atom is 0.429 e. The van der Waals surface area contributed by atoms with E-state index in [1.54, 1.807) is 47.6 Å². The second-order valence-electron chi connectivity index (χ2n) is 8.74. The molecule has 0 bridgehead atoms. The minimum Gasteiger partial charge on any atom is -0.443 e. The zero-order valence-corrected chi connectivity index (χ0v) is 18.0. The maximum absolute atomic E-state index is 12.9. The summed E-state index contributed by atoms with van der Waals surface area (Å²) in [6.45, 7) is 10.6. The zero-order valence-electron chi connectivity index (χ0n) is 17.3. The number of benzene rings is 1. The van der Waals surface area contributed by atoms with Gasteiger partial charge in [-0.05, 0) is 59.6 Å². The highest BCUT2D eigenvalue weighted by atomic mass is 35.5. The molecule has 1 aromatic rings. The fourth-order valence-electron chi connectivity index (χ4n) is 2.94. The molecular weight excluding hydrogens is 380 g/mol. The number of hydrazine groups is 1. The summed E-state index contributed by atoms with van der Waals surface area (Å²) in [5.41, 5.74) is 2.04. The zero-order chi connectivity index (χ0) is 21.1. The van der Waals surface area contributed by atoms with Crippen LogP contribution in [-0.4, -0.2) is 34.4 Å². The summed E-state index contributed by atoms with van der Waals surface area (Å²) in [5.74, 6) is -0.184. The summed E-state index contributed by atoms with van der Waals surface area (Å²) in [4.78, 5) is 25.3. The standard InChI is InChI=1S/C21H29ClN2O4/c1-20(2,3)27-18(25)23-24(19(26)28-21(4,5)6)17-13-9-11-15(17)14-10-7-8-12-16(14)22/h7-12,15,17H,13H2,1-6H3,(H,23,25)/t15-,17+/m0/s1. The van der Waals surface area contributed by atoms with Crippen LogP contribution in [0.4, 0.5) is 9.59 Å². The summed E-state index contributed by atoms with van der Waals surface area (Å²) in [6.07, 6.45) is 3.13. The summed E-state index contributed by atoms with van der Waals surface area (Å²) < 4.78 is 10.8. The lowest BCUT2D eigenvalue weighted by Gasteiger charge is -2.35. The lowest BCUT2D eigenvalue weighted by atomic mass is 9.94. The normalized spacial score (nSPS) is 19.2. The molecule has 2 rings (SSSR count). The number of amides is 2. The molecule has 2 amide bonds. The van der Waals surface area contributed by atoms with Crippen LogP contribution < -0.4 is 5.43 Å². The van der Waals surface area contributed by atoms with E-state index in [-0.39, 0.29) is 12.0 Å². The van der Waals surface area contributed by atoms with Crippen molar-refractivity contribution < 1.29 is 19.1 Å². The Morgan fingerprint density at radius 1 is 1.07 bits per heavy atom. The van der Waals surface area contributed by atoms with Crippen LogP contribution in [0.1, 0.15) is 59.4 Å². The summed E-state index contributed by atoms with van der Waals surface area (Å²) in [6, 6.07) is 7.07. The fraction of sp³-hybridized carbons (Fsp3) is 0.524. The molecule has 0 saturated carbocycles. The van der Waals surface area contributed by atoms with Crippen molar-refractivity contribution in [1.29, 1.82) is 0 Å². The number of hydrogen-bond acceptors (Lipinski definition) is 4. The second-order valence-corrected chi connectivity index (χ2v) is 9.15. The fourth-order valence-corrected chi connectivity index (χ4v) is 3.20. The number of halogens is 1. The summed E-state index contributed by atoms with van der Waals surface area (Å²) in [5, 5.41) is 1.82. The molecule has 7 heteroatoms. The van der Waals surface area contributed by atoms with Crippen molar-refractivity contribution in [3.05, 3.63) is 47.0 Å². The SMILES string of the molecule is CC(C)(C)OC(=O)NN(C(=O)OC(C)(C)C)[C@@H]1CC=C[C@H]1c1ccccc1Cl. The molecule has 0 spiro atoms. The van der Waals surface area contributed by atoms with Crippen LogP contribution in [0, 0.1) is 0 Å². The molecule has 154 valence electrons. The van der Waals surface area contributed by atoms with Gasteiger partial charge in [-0.2, -0.15) is 0 Å². The Morgan fingerprint density at radius 3 is 2.25 bits per heavy atom. The van der Waals surface area contributed by atoms with Crippen molar-refractivity contribution in [3.63, 3.8) is 0 Å². The smallest absolute Gasteiger partial charge is 0.429 e. The molecule has 1 aliphatic rings. The monoisotopic (exact) mass is 408 g/mol. The lowest BCUT2D eigenvalue weighted by Crippen LogP contribution is -2.55. The number of nitrogens with one attached hydrogen (secondary N) is 1. The number of ether oxygens (including phenoxy) is 2. The van der Waals surface area contributed by atoms with E-state index in [2.05, 4.69) is 5.43 Å². The highest BCUT2D eigenvalue weighted by molar-refractivity contribution is 6.31. The molecule has 0 unspecified atom stereocenters. The van der Waals surface area contributed by atoms with E-state index >= 15 is 0 Å². The van der Waals surface area contributed by atoms with Crippen molar-refractivity contribution in [2.75, 3.05) is 0 Å². The minimum atomic E-state index is -0.719. The van der Waals surface area contributed by atoms with Gasteiger partial charge in [-0.15, -0.1) is 0 Å². The largest absolute Gasteiger partial charge is 0.443 e. The molecule has 0 saturated heterocycles. The third-order valence-corrected chi connectivity index (χ3v) is 4.28. The highest BCUT2D eigenvalue weighted by Gasteiger charge is 2.37. The second kappa shape index (κ2) is 8.43. The van der Waals surface area contributed by atoms with E-state index in [1.807, 2.05) is 30.4 Å². The molecule has 1 N–H and O–H groups in total. The topological polar surface area (TPSA) is 67.9 Å². The molecule has 0 aliphatic heterocycles. The Bertz CT molecular complexity index is 750. The van der Waals surface area contributed by atoms with Crippen LogP contribution in [0.5, 0.6) is 0 Å². The number of carbonyl (C=O) groups excluding carboxylic acids is 2. The first-order valence-electron chi connectivity index (χ1n) is 9.30. The number of nitrogens with zero attached hydrogens (tertiary/aromatic N) is 1. The average molecular weight is 409 g/mol. The van der Waals surface area contributed by atoms with Crippen molar-refractivity contribution in [2.24, 2.45) is 0 Å². The Balaban J connectivity index is 2.30. The predicted octanol–water partition coefficient (Wildman–Crippen LogP) is 5.43. The third kappa shape index (κ3) is 6.16. The van der Waals surface area contributed by atoms with Crippen LogP contribution in [0.15, 0.2) is 36.4 Å². The van der Waals surface area contributed by atoms with Gasteiger partial charge >= 0.3 is 12.2 Å². The van der Waals surface area contributed by atoms with Gasteiger partial charge in [-0.25, -0.2) is 20.0 Å². The molecule has 6 nitrogen and oxygen atoms in total. The van der Waals surface area contributed by atoms with Gasteiger partial charge in [0.15, 0.2) is 0 Å². The first-order chi connectivity index (χ1) is 12.9. The van der Waals surface area contributed by atoms with E-state index in [9.17, 15) is 9.59 Å². The van der Waals surface area contributed by atoms with E-state index in [4.69, 9.17) is 21.1 Å². The number of rotatable bonds is 2. The third-order valence-electron chi connectivity index (χ3n) is 3.93. The lowest BCUT2D eigenvalue weighted by molar-refractivity contribution is -0.00998. The highest BCUT2D eigenvalue weighted by Crippen LogP contribution is 2.36. The van der Waals surface area contributed by atoms with Gasteiger partial charge in [0.1, 0.15) is 11.2 Å². The quantitative estimate of drug-likeness (QED) is 0.523. The van der Waals surface area contributed by atoms with Crippen LogP contribution >= 0.6 is 11.6 Å². The Hall–Kier alpha value is -2.21. The summed E-state index contributed by atoms with van der Waals surface area (Å²) in [7, 11) is 0. The Kier molecular flexibility index (Phi) is 6.65. The van der Waals surface area contributed by atoms with E-state index < -0.39 is 23.4 Å². The van der Waals surface area contributed by atoms with E-state index in [0.717, 1.165) is 5.56 Å². The molecular formula is C21H29ClN2O4. The van der Waals surface area contributed by atoms with Crippen molar-refractivity contribution in [2.45, 2.75) is 71.1 Å². The van der Waals surface area contributed by atoms with Gasteiger partial charge < -0.3 is 9.47 Å². The average Bonchev–Trinajstić information content (AvgIpc) is 2.98. The van der Waals surface area contributed by atoms with Crippen LogP contribution in [0.25, 0.3) is 0 Å². The van der Waals surface area contributed by atoms with Crippen molar-refractivity contribution in [3.8, 4) is 0 Å². The van der Waals surface area contributed by atoms with Crippen LogP contribution in [0.3, 0.4) is 0 Å². The van der Waals surface area contributed by atoms with E-state index in [1.165, 1.54) is 5.01 Å².